The van der Waals surface area contributed by atoms with Gasteiger partial charge in [-0.25, -0.2) is 4.98 Å². The lowest BCUT2D eigenvalue weighted by Crippen LogP contribution is -2.34. The van der Waals surface area contributed by atoms with E-state index >= 15 is 0 Å². The van der Waals surface area contributed by atoms with Crippen LogP contribution in [0, 0.1) is 6.92 Å². The fourth-order valence-corrected chi connectivity index (χ4v) is 2.75. The first-order valence-corrected chi connectivity index (χ1v) is 8.51. The van der Waals surface area contributed by atoms with Crippen molar-refractivity contribution >= 4 is 21.8 Å². The summed E-state index contributed by atoms with van der Waals surface area (Å²) < 4.78 is 0.927. The molecule has 0 unspecified atom stereocenters. The molecule has 128 valence electrons. The number of rotatable bonds is 3. The molecule has 24 heavy (non-hydrogen) atoms. The average molecular weight is 392 g/mol. The fraction of sp³-hybridized carbons (Fsp3) is 0.389. The Kier molecular flexibility index (Phi) is 5.28. The van der Waals surface area contributed by atoms with Gasteiger partial charge in [-0.1, -0.05) is 54.9 Å². The molecule has 0 atom stereocenters. The number of aromatic nitrogens is 2. The monoisotopic (exact) mass is 391 g/mol. The SMILES string of the molecule is Cc1nc(C(C)(C)C)[nH]c(=O)c1C(=O)N(C)Cc1ccccc1Br. The summed E-state index contributed by atoms with van der Waals surface area (Å²) in [6.07, 6.45) is 0. The number of halogens is 1. The van der Waals surface area contributed by atoms with Gasteiger partial charge in [0.05, 0.1) is 5.69 Å². The Morgan fingerprint density at radius 2 is 1.92 bits per heavy atom. The van der Waals surface area contributed by atoms with Gasteiger partial charge >= 0.3 is 0 Å². The molecule has 0 bridgehead atoms. The number of benzene rings is 1. The molecular weight excluding hydrogens is 370 g/mol. The number of aryl methyl sites for hydroxylation is 1. The zero-order valence-electron chi connectivity index (χ0n) is 14.6. The lowest BCUT2D eigenvalue weighted by atomic mass is 9.95. The van der Waals surface area contributed by atoms with Gasteiger partial charge in [0, 0.05) is 23.5 Å². The molecule has 1 amide bonds. The highest BCUT2D eigenvalue weighted by atomic mass is 79.9. The fourth-order valence-electron chi connectivity index (χ4n) is 2.34. The van der Waals surface area contributed by atoms with Crippen molar-refractivity contribution < 1.29 is 4.79 Å². The Labute approximate surface area is 150 Å². The Morgan fingerprint density at radius 1 is 1.29 bits per heavy atom. The van der Waals surface area contributed by atoms with Crippen LogP contribution in [0.2, 0.25) is 0 Å². The quantitative estimate of drug-likeness (QED) is 0.871. The molecule has 2 aromatic rings. The van der Waals surface area contributed by atoms with Crippen LogP contribution < -0.4 is 5.56 Å². The van der Waals surface area contributed by atoms with Crippen LogP contribution >= 0.6 is 15.9 Å². The Hall–Kier alpha value is -1.95. The summed E-state index contributed by atoms with van der Waals surface area (Å²) in [6, 6.07) is 7.69. The van der Waals surface area contributed by atoms with Gasteiger partial charge in [-0.3, -0.25) is 9.59 Å². The minimum atomic E-state index is -0.392. The smallest absolute Gasteiger partial charge is 0.264 e. The van der Waals surface area contributed by atoms with Crippen LogP contribution in [0.5, 0.6) is 0 Å². The first-order valence-electron chi connectivity index (χ1n) is 7.71. The van der Waals surface area contributed by atoms with Crippen molar-refractivity contribution in [2.45, 2.75) is 39.7 Å². The van der Waals surface area contributed by atoms with E-state index < -0.39 is 5.56 Å². The molecule has 0 aliphatic carbocycles. The van der Waals surface area contributed by atoms with E-state index in [4.69, 9.17) is 0 Å². The number of hydrogen-bond donors (Lipinski definition) is 1. The molecule has 6 heteroatoms. The van der Waals surface area contributed by atoms with Crippen LogP contribution in [-0.2, 0) is 12.0 Å². The minimum Gasteiger partial charge on any atom is -0.337 e. The highest BCUT2D eigenvalue weighted by Crippen LogP contribution is 2.20. The number of aromatic amines is 1. The maximum Gasteiger partial charge on any atom is 0.264 e. The predicted octanol–water partition coefficient (Wildman–Crippen LogP) is 3.41. The Balaban J connectivity index is 2.33. The number of amides is 1. The average Bonchev–Trinajstić information content (AvgIpc) is 2.47. The Morgan fingerprint density at radius 3 is 2.46 bits per heavy atom. The van der Waals surface area contributed by atoms with E-state index in [1.165, 1.54) is 4.90 Å². The van der Waals surface area contributed by atoms with Crippen LogP contribution in [0.4, 0.5) is 0 Å². The van der Waals surface area contributed by atoms with E-state index in [2.05, 4.69) is 25.9 Å². The standard InChI is InChI=1S/C18H22BrN3O2/c1-11-14(15(23)21-17(20-11)18(2,3)4)16(24)22(5)10-12-8-6-7-9-13(12)19/h6-9H,10H2,1-5H3,(H,20,21,23). The summed E-state index contributed by atoms with van der Waals surface area (Å²) in [5, 5.41) is 0. The summed E-state index contributed by atoms with van der Waals surface area (Å²) in [7, 11) is 1.68. The normalized spacial score (nSPS) is 11.4. The van der Waals surface area contributed by atoms with Crippen LogP contribution in [-0.4, -0.2) is 27.8 Å². The van der Waals surface area contributed by atoms with Crippen molar-refractivity contribution in [1.82, 2.24) is 14.9 Å². The van der Waals surface area contributed by atoms with Crippen LogP contribution in [0.25, 0.3) is 0 Å². The lowest BCUT2D eigenvalue weighted by Gasteiger charge is -2.21. The van der Waals surface area contributed by atoms with Crippen LogP contribution in [0.1, 0.15) is 48.2 Å². The third-order valence-electron chi connectivity index (χ3n) is 3.74. The molecule has 1 N–H and O–H groups in total. The summed E-state index contributed by atoms with van der Waals surface area (Å²) in [4.78, 5) is 33.8. The Bertz CT molecular complexity index is 822. The molecule has 0 saturated heterocycles. The number of nitrogens with zero attached hydrogens (tertiary/aromatic N) is 2. The summed E-state index contributed by atoms with van der Waals surface area (Å²) >= 11 is 3.47. The van der Waals surface area contributed by atoms with Gasteiger partial charge in [0.2, 0.25) is 0 Å². The molecule has 0 aliphatic heterocycles. The van der Waals surface area contributed by atoms with Gasteiger partial charge in [0.15, 0.2) is 0 Å². The second-order valence-corrected chi connectivity index (χ2v) is 7.73. The topological polar surface area (TPSA) is 66.1 Å². The van der Waals surface area contributed by atoms with Crippen molar-refractivity contribution in [2.24, 2.45) is 0 Å². The molecule has 0 saturated carbocycles. The second kappa shape index (κ2) is 6.89. The van der Waals surface area contributed by atoms with Gasteiger partial charge in [-0.15, -0.1) is 0 Å². The number of carbonyl (C=O) groups is 1. The number of H-pyrrole nitrogens is 1. The van der Waals surface area contributed by atoms with Crippen LogP contribution in [0.3, 0.4) is 0 Å². The maximum absolute atomic E-state index is 12.7. The third kappa shape index (κ3) is 3.93. The van der Waals surface area contributed by atoms with Crippen molar-refractivity contribution in [1.29, 1.82) is 0 Å². The first kappa shape index (κ1) is 18.4. The number of nitrogens with one attached hydrogen (secondary N) is 1. The van der Waals surface area contributed by atoms with Gasteiger partial charge < -0.3 is 9.88 Å². The largest absolute Gasteiger partial charge is 0.337 e. The molecule has 2 rings (SSSR count). The lowest BCUT2D eigenvalue weighted by molar-refractivity contribution is 0.0781. The summed E-state index contributed by atoms with van der Waals surface area (Å²) in [5.41, 5.74) is 0.843. The van der Waals surface area contributed by atoms with Gasteiger partial charge in [-0.2, -0.15) is 0 Å². The molecule has 0 spiro atoms. The van der Waals surface area contributed by atoms with E-state index in [0.29, 0.717) is 18.1 Å². The zero-order chi connectivity index (χ0) is 18.1. The molecule has 5 nitrogen and oxygen atoms in total. The molecule has 0 aliphatic rings. The predicted molar refractivity (Wildman–Crippen MR) is 98.2 cm³/mol. The molecule has 1 aromatic carbocycles. The van der Waals surface area contributed by atoms with Crippen molar-refractivity contribution in [3.05, 3.63) is 61.7 Å². The molecule has 1 aromatic heterocycles. The van der Waals surface area contributed by atoms with Crippen LogP contribution in [0.15, 0.2) is 33.5 Å². The first-order chi connectivity index (χ1) is 11.1. The maximum atomic E-state index is 12.7. The van der Waals surface area contributed by atoms with E-state index in [9.17, 15) is 9.59 Å². The van der Waals surface area contributed by atoms with Gasteiger partial charge in [0.1, 0.15) is 11.4 Å². The minimum absolute atomic E-state index is 0.0950. The van der Waals surface area contributed by atoms with Gasteiger partial charge in [-0.05, 0) is 18.6 Å². The van der Waals surface area contributed by atoms with E-state index in [1.54, 1.807) is 14.0 Å². The molecule has 0 radical (unpaired) electrons. The second-order valence-electron chi connectivity index (χ2n) is 6.88. The van der Waals surface area contributed by atoms with E-state index in [-0.39, 0.29) is 16.9 Å². The van der Waals surface area contributed by atoms with Crippen molar-refractivity contribution in [3.63, 3.8) is 0 Å². The molecule has 1 heterocycles. The van der Waals surface area contributed by atoms with Gasteiger partial charge in [0.25, 0.3) is 11.5 Å². The highest BCUT2D eigenvalue weighted by Gasteiger charge is 2.24. The van der Waals surface area contributed by atoms with E-state index in [0.717, 1.165) is 10.0 Å². The summed E-state index contributed by atoms with van der Waals surface area (Å²) in [5.74, 6) is 0.243. The number of carbonyl (C=O) groups excluding carboxylic acids is 1. The molecule has 0 fully saturated rings. The number of hydrogen-bond acceptors (Lipinski definition) is 3. The summed E-state index contributed by atoms with van der Waals surface area (Å²) in [6.45, 7) is 7.99. The zero-order valence-corrected chi connectivity index (χ0v) is 16.2. The molecular formula is C18H22BrN3O2. The third-order valence-corrected chi connectivity index (χ3v) is 4.51. The highest BCUT2D eigenvalue weighted by molar-refractivity contribution is 9.10. The van der Waals surface area contributed by atoms with Crippen molar-refractivity contribution in [2.75, 3.05) is 7.05 Å². The van der Waals surface area contributed by atoms with E-state index in [1.807, 2.05) is 45.0 Å². The van der Waals surface area contributed by atoms with Crippen molar-refractivity contribution in [3.8, 4) is 0 Å².